The molecule has 0 saturated carbocycles. The Labute approximate surface area is 149 Å². The monoisotopic (exact) mass is 340 g/mol. The molecular formula is C22H16N2O2. The molecule has 0 saturated heterocycles. The second-order valence-corrected chi connectivity index (χ2v) is 6.32. The lowest BCUT2D eigenvalue weighted by molar-refractivity contribution is 0.0528. The van der Waals surface area contributed by atoms with Gasteiger partial charge in [0, 0.05) is 17.1 Å². The van der Waals surface area contributed by atoms with Gasteiger partial charge in [0.25, 0.3) is 0 Å². The molecule has 2 heterocycles. The van der Waals surface area contributed by atoms with Gasteiger partial charge >= 0.3 is 5.97 Å². The number of aromatic amines is 1. The number of nitrogens with one attached hydrogen (secondary N) is 1. The molecule has 2 aromatic carbocycles. The van der Waals surface area contributed by atoms with E-state index in [0.717, 1.165) is 38.2 Å². The SMILES string of the molecule is CCOC(=O)c1ccc2c3ccccc3cc3cc[nH]c4cnc1c2c4-3. The minimum atomic E-state index is -0.339. The molecule has 1 N–H and O–H groups in total. The minimum absolute atomic E-state index is 0.339. The molecule has 1 aliphatic heterocycles. The van der Waals surface area contributed by atoms with Crippen LogP contribution in [0.3, 0.4) is 0 Å². The largest absolute Gasteiger partial charge is 0.462 e. The molecule has 4 nitrogen and oxygen atoms in total. The van der Waals surface area contributed by atoms with Crippen LogP contribution in [-0.2, 0) is 4.74 Å². The normalized spacial score (nSPS) is 11.6. The van der Waals surface area contributed by atoms with E-state index in [1.165, 1.54) is 0 Å². The molecule has 0 unspecified atom stereocenters. The van der Waals surface area contributed by atoms with Gasteiger partial charge in [-0.2, -0.15) is 0 Å². The molecule has 1 aliphatic carbocycles. The van der Waals surface area contributed by atoms with E-state index in [4.69, 9.17) is 4.74 Å². The second kappa shape index (κ2) is 5.56. The van der Waals surface area contributed by atoms with Crippen molar-refractivity contribution >= 4 is 38.5 Å². The minimum Gasteiger partial charge on any atom is -0.462 e. The molecular weight excluding hydrogens is 324 g/mol. The van der Waals surface area contributed by atoms with Gasteiger partial charge < -0.3 is 9.72 Å². The highest BCUT2D eigenvalue weighted by molar-refractivity contribution is 6.23. The Morgan fingerprint density at radius 1 is 1.12 bits per heavy atom. The van der Waals surface area contributed by atoms with Crippen LogP contribution in [0.25, 0.3) is 43.7 Å². The van der Waals surface area contributed by atoms with Crippen molar-refractivity contribution in [2.75, 3.05) is 6.61 Å². The van der Waals surface area contributed by atoms with Crippen LogP contribution in [0, 0.1) is 0 Å². The summed E-state index contributed by atoms with van der Waals surface area (Å²) in [6, 6.07) is 16.4. The standard InChI is InChI=1S/C22H16N2O2/c1-2-26-22(25)17-8-7-16-15-6-4-3-5-13(15)11-14-9-10-23-18-12-24-21(17)20(16)19(14)18/h3-12,23H,2H2,1H3. The van der Waals surface area contributed by atoms with E-state index in [1.807, 2.05) is 37.4 Å². The number of hydrogen-bond acceptors (Lipinski definition) is 3. The van der Waals surface area contributed by atoms with Gasteiger partial charge in [-0.05, 0) is 46.8 Å². The summed E-state index contributed by atoms with van der Waals surface area (Å²) in [5.41, 5.74) is 4.32. The molecule has 0 amide bonds. The number of hydrogen-bond donors (Lipinski definition) is 1. The van der Waals surface area contributed by atoms with Crippen LogP contribution in [0.4, 0.5) is 0 Å². The summed E-state index contributed by atoms with van der Waals surface area (Å²) < 4.78 is 5.24. The van der Waals surface area contributed by atoms with Crippen LogP contribution < -0.4 is 0 Å². The molecule has 1 aromatic heterocycles. The summed E-state index contributed by atoms with van der Waals surface area (Å²) in [6.07, 6.45) is 3.71. The van der Waals surface area contributed by atoms with Gasteiger partial charge in [0.15, 0.2) is 0 Å². The van der Waals surface area contributed by atoms with Crippen LogP contribution in [0.2, 0.25) is 0 Å². The number of fused-ring (bicyclic) bond motifs is 2. The molecule has 26 heavy (non-hydrogen) atoms. The topological polar surface area (TPSA) is 55.0 Å². The first-order chi connectivity index (χ1) is 12.8. The Hall–Kier alpha value is -3.40. The van der Waals surface area contributed by atoms with Crippen molar-refractivity contribution in [2.24, 2.45) is 0 Å². The van der Waals surface area contributed by atoms with Crippen LogP contribution in [-0.4, -0.2) is 22.5 Å². The maximum Gasteiger partial charge on any atom is 0.340 e. The van der Waals surface area contributed by atoms with Gasteiger partial charge in [0.05, 0.1) is 29.4 Å². The van der Waals surface area contributed by atoms with Gasteiger partial charge in [-0.25, -0.2) is 4.79 Å². The fraction of sp³-hybridized carbons (Fsp3) is 0.0909. The molecule has 0 bridgehead atoms. The highest BCUT2D eigenvalue weighted by Crippen LogP contribution is 2.40. The van der Waals surface area contributed by atoms with Gasteiger partial charge in [-0.15, -0.1) is 0 Å². The molecule has 5 rings (SSSR count). The first kappa shape index (κ1) is 14.9. The third-order valence-corrected chi connectivity index (χ3v) is 4.87. The molecule has 0 atom stereocenters. The quantitative estimate of drug-likeness (QED) is 0.357. The Morgan fingerprint density at radius 2 is 2.00 bits per heavy atom. The summed E-state index contributed by atoms with van der Waals surface area (Å²) in [4.78, 5) is 20.4. The summed E-state index contributed by atoms with van der Waals surface area (Å²) in [5.74, 6) is -0.339. The van der Waals surface area contributed by atoms with Crippen molar-refractivity contribution in [1.82, 2.24) is 9.97 Å². The van der Waals surface area contributed by atoms with Crippen molar-refractivity contribution in [3.63, 3.8) is 0 Å². The van der Waals surface area contributed by atoms with Crippen molar-refractivity contribution in [3.05, 3.63) is 66.5 Å². The number of H-pyrrole nitrogens is 1. The average molecular weight is 340 g/mol. The summed E-state index contributed by atoms with van der Waals surface area (Å²) in [7, 11) is 0. The van der Waals surface area contributed by atoms with E-state index in [9.17, 15) is 4.79 Å². The van der Waals surface area contributed by atoms with E-state index < -0.39 is 0 Å². The van der Waals surface area contributed by atoms with Crippen molar-refractivity contribution in [3.8, 4) is 11.1 Å². The second-order valence-electron chi connectivity index (χ2n) is 6.32. The third-order valence-electron chi connectivity index (χ3n) is 4.87. The maximum atomic E-state index is 12.5. The van der Waals surface area contributed by atoms with Gasteiger partial charge in [-0.1, -0.05) is 30.3 Å². The smallest absolute Gasteiger partial charge is 0.340 e. The van der Waals surface area contributed by atoms with Crippen LogP contribution in [0.1, 0.15) is 17.3 Å². The summed E-state index contributed by atoms with van der Waals surface area (Å²) in [5, 5.41) is 4.36. The van der Waals surface area contributed by atoms with E-state index in [1.54, 1.807) is 6.20 Å². The number of carbonyl (C=O) groups is 1. The van der Waals surface area contributed by atoms with Crippen molar-refractivity contribution in [2.45, 2.75) is 6.92 Å². The third kappa shape index (κ3) is 2.02. The zero-order valence-corrected chi connectivity index (χ0v) is 14.2. The average Bonchev–Trinajstić information content (AvgIpc) is 2.81. The van der Waals surface area contributed by atoms with E-state index in [2.05, 4.69) is 34.2 Å². The highest BCUT2D eigenvalue weighted by atomic mass is 16.5. The number of pyridine rings is 2. The number of benzene rings is 2. The van der Waals surface area contributed by atoms with Gasteiger partial charge in [0.2, 0.25) is 0 Å². The number of aromatic nitrogens is 2. The summed E-state index contributed by atoms with van der Waals surface area (Å²) in [6.45, 7) is 2.15. The van der Waals surface area contributed by atoms with Crippen LogP contribution in [0.15, 0.2) is 60.9 Å². The zero-order chi connectivity index (χ0) is 17.7. The Balaban J connectivity index is 2.06. The maximum absolute atomic E-state index is 12.5. The lowest BCUT2D eigenvalue weighted by Crippen LogP contribution is -2.06. The number of carbonyl (C=O) groups excluding carboxylic acids is 1. The lowest BCUT2D eigenvalue weighted by Gasteiger charge is -2.13. The zero-order valence-electron chi connectivity index (χ0n) is 14.2. The molecule has 2 aliphatic rings. The number of nitrogens with zero attached hydrogens (tertiary/aromatic N) is 1. The van der Waals surface area contributed by atoms with Crippen LogP contribution >= 0.6 is 0 Å². The van der Waals surface area contributed by atoms with Gasteiger partial charge in [0.1, 0.15) is 0 Å². The highest BCUT2D eigenvalue weighted by Gasteiger charge is 2.20. The Bertz CT molecular complexity index is 1270. The van der Waals surface area contributed by atoms with Gasteiger partial charge in [-0.3, -0.25) is 4.98 Å². The predicted molar refractivity (Wildman–Crippen MR) is 104 cm³/mol. The van der Waals surface area contributed by atoms with Crippen molar-refractivity contribution < 1.29 is 9.53 Å². The number of rotatable bonds is 2. The molecule has 0 fully saturated rings. The van der Waals surface area contributed by atoms with E-state index in [-0.39, 0.29) is 5.97 Å². The Kier molecular flexibility index (Phi) is 3.19. The summed E-state index contributed by atoms with van der Waals surface area (Å²) >= 11 is 0. The molecule has 3 aromatic rings. The molecule has 0 radical (unpaired) electrons. The Morgan fingerprint density at radius 3 is 2.88 bits per heavy atom. The van der Waals surface area contributed by atoms with E-state index >= 15 is 0 Å². The van der Waals surface area contributed by atoms with Crippen molar-refractivity contribution in [1.29, 1.82) is 0 Å². The van der Waals surface area contributed by atoms with E-state index in [0.29, 0.717) is 17.7 Å². The fourth-order valence-electron chi connectivity index (χ4n) is 3.77. The lowest BCUT2D eigenvalue weighted by atomic mass is 9.96. The first-order valence-corrected chi connectivity index (χ1v) is 8.65. The predicted octanol–water partition coefficient (Wildman–Crippen LogP) is 5.15. The van der Waals surface area contributed by atoms with Crippen LogP contribution in [0.5, 0.6) is 0 Å². The number of ether oxygens (including phenoxy) is 1. The fourth-order valence-corrected chi connectivity index (χ4v) is 3.77. The number of esters is 1. The molecule has 126 valence electrons. The first-order valence-electron chi connectivity index (χ1n) is 8.65. The molecule has 4 heteroatoms. The molecule has 0 spiro atoms.